The Balaban J connectivity index is 1.27. The summed E-state index contributed by atoms with van der Waals surface area (Å²) in [6.45, 7) is 2.59. The molecule has 3 fully saturated rings. The Morgan fingerprint density at radius 2 is 1.76 bits per heavy atom. The summed E-state index contributed by atoms with van der Waals surface area (Å²) in [5, 5.41) is 2.73. The predicted octanol–water partition coefficient (Wildman–Crippen LogP) is 7.16. The van der Waals surface area contributed by atoms with Crippen molar-refractivity contribution >= 4 is 10.8 Å². The molecule has 2 saturated carbocycles. The summed E-state index contributed by atoms with van der Waals surface area (Å²) in [4.78, 5) is 0. The molecular formula is C32H40NO+. The molecule has 3 aliphatic carbocycles. The Morgan fingerprint density at radius 1 is 0.941 bits per heavy atom. The number of benzene rings is 2. The summed E-state index contributed by atoms with van der Waals surface area (Å²) in [5.74, 6) is 1.24. The second-order valence-electron chi connectivity index (χ2n) is 13.3. The molecule has 2 aliphatic heterocycles. The normalized spacial score (nSPS) is 40.9. The second-order valence-corrected chi connectivity index (χ2v) is 13.3. The zero-order valence-electron chi connectivity index (χ0n) is 21.4. The Labute approximate surface area is 205 Å². The number of allylic oxidation sites excluding steroid dienone is 1. The molecule has 2 heterocycles. The molecule has 1 saturated heterocycles. The fourth-order valence-electron chi connectivity index (χ4n) is 9.02. The standard InChI is InChI=1S/C32H40NO/c1-30-16-15-26-20-25-11-12-27(33(2,3)4)21-31(25)17-18-32(26,34-31)29(30)14-13-28(30)24-10-9-22-7-5-6-8-23(22)19-24/h5-10,15,19-20,27-29H,11-14,16-18,21H2,1-4H3/q+1/t27-,28+,29+,30+,31+,32+/m0/s1. The van der Waals surface area contributed by atoms with Gasteiger partial charge in [-0.05, 0) is 83.3 Å². The van der Waals surface area contributed by atoms with Crippen LogP contribution < -0.4 is 0 Å². The van der Waals surface area contributed by atoms with Gasteiger partial charge in [0.15, 0.2) is 0 Å². The van der Waals surface area contributed by atoms with Gasteiger partial charge in [0.1, 0.15) is 0 Å². The summed E-state index contributed by atoms with van der Waals surface area (Å²) < 4.78 is 8.55. The number of ether oxygens (including phenoxy) is 1. The van der Waals surface area contributed by atoms with Crippen molar-refractivity contribution in [1.82, 2.24) is 0 Å². The summed E-state index contributed by atoms with van der Waals surface area (Å²) in [5.41, 5.74) is 4.93. The molecule has 0 N–H and O–H groups in total. The third-order valence-corrected chi connectivity index (χ3v) is 10.9. The van der Waals surface area contributed by atoms with Crippen LogP contribution in [0, 0.1) is 11.3 Å². The van der Waals surface area contributed by atoms with E-state index in [1.807, 2.05) is 0 Å². The first-order valence-corrected chi connectivity index (χ1v) is 13.7. The monoisotopic (exact) mass is 454 g/mol. The average Bonchev–Trinajstić information content (AvgIpc) is 3.33. The quantitative estimate of drug-likeness (QED) is 0.438. The molecule has 7 rings (SSSR count). The van der Waals surface area contributed by atoms with Crippen LogP contribution in [-0.4, -0.2) is 42.9 Å². The Morgan fingerprint density at radius 3 is 2.59 bits per heavy atom. The fourth-order valence-corrected chi connectivity index (χ4v) is 9.02. The van der Waals surface area contributed by atoms with E-state index in [0.29, 0.717) is 17.9 Å². The van der Waals surface area contributed by atoms with Crippen molar-refractivity contribution < 1.29 is 9.22 Å². The van der Waals surface area contributed by atoms with Crippen molar-refractivity contribution in [3.8, 4) is 0 Å². The first-order chi connectivity index (χ1) is 16.2. The summed E-state index contributed by atoms with van der Waals surface area (Å²) in [7, 11) is 7.12. The molecule has 2 aromatic carbocycles. The highest BCUT2D eigenvalue weighted by Gasteiger charge is 2.67. The topological polar surface area (TPSA) is 9.23 Å². The van der Waals surface area contributed by atoms with E-state index in [1.54, 1.807) is 16.7 Å². The van der Waals surface area contributed by atoms with Crippen LogP contribution in [0.3, 0.4) is 0 Å². The second kappa shape index (κ2) is 6.86. The molecule has 34 heavy (non-hydrogen) atoms. The minimum atomic E-state index is -0.0468. The highest BCUT2D eigenvalue weighted by atomic mass is 16.5. The largest absolute Gasteiger partial charge is 0.359 e. The number of rotatable bonds is 2. The lowest BCUT2D eigenvalue weighted by Gasteiger charge is -2.55. The molecule has 0 aromatic heterocycles. The maximum atomic E-state index is 7.49. The summed E-state index contributed by atoms with van der Waals surface area (Å²) >= 11 is 0. The van der Waals surface area contributed by atoms with Crippen LogP contribution in [-0.2, 0) is 4.74 Å². The predicted molar refractivity (Wildman–Crippen MR) is 140 cm³/mol. The minimum absolute atomic E-state index is 0.00503. The highest BCUT2D eigenvalue weighted by molar-refractivity contribution is 5.83. The van der Waals surface area contributed by atoms with Gasteiger partial charge in [0.05, 0.1) is 38.4 Å². The first kappa shape index (κ1) is 21.4. The lowest BCUT2D eigenvalue weighted by molar-refractivity contribution is -0.898. The van der Waals surface area contributed by atoms with Crippen LogP contribution in [0.15, 0.2) is 65.8 Å². The third-order valence-electron chi connectivity index (χ3n) is 10.9. The van der Waals surface area contributed by atoms with E-state index in [-0.39, 0.29) is 16.6 Å². The Kier molecular flexibility index (Phi) is 4.31. The van der Waals surface area contributed by atoms with Crippen molar-refractivity contribution in [2.24, 2.45) is 11.3 Å². The molecule has 6 atom stereocenters. The van der Waals surface area contributed by atoms with Crippen molar-refractivity contribution in [3.05, 3.63) is 71.3 Å². The molecule has 2 heteroatoms. The number of fused-ring (bicyclic) bond motifs is 2. The van der Waals surface area contributed by atoms with Gasteiger partial charge in [-0.2, -0.15) is 0 Å². The highest BCUT2D eigenvalue weighted by Crippen LogP contribution is 2.69. The van der Waals surface area contributed by atoms with Gasteiger partial charge < -0.3 is 9.22 Å². The maximum Gasteiger partial charge on any atom is 0.0975 e. The van der Waals surface area contributed by atoms with Gasteiger partial charge in [-0.25, -0.2) is 0 Å². The molecule has 2 aromatic rings. The third kappa shape index (κ3) is 2.76. The molecule has 0 unspecified atom stereocenters. The molecule has 178 valence electrons. The van der Waals surface area contributed by atoms with Gasteiger partial charge in [-0.15, -0.1) is 0 Å². The molecule has 2 spiro atoms. The lowest BCUT2D eigenvalue weighted by Crippen LogP contribution is -2.57. The van der Waals surface area contributed by atoms with Crippen molar-refractivity contribution in [1.29, 1.82) is 0 Å². The lowest BCUT2D eigenvalue weighted by atomic mass is 9.58. The van der Waals surface area contributed by atoms with Gasteiger partial charge in [0, 0.05) is 12.8 Å². The van der Waals surface area contributed by atoms with Gasteiger partial charge in [-0.1, -0.05) is 61.5 Å². The molecule has 0 amide bonds. The van der Waals surface area contributed by atoms with E-state index in [2.05, 4.69) is 82.7 Å². The zero-order chi connectivity index (χ0) is 23.3. The van der Waals surface area contributed by atoms with Crippen molar-refractivity contribution in [2.45, 2.75) is 81.5 Å². The molecule has 5 aliphatic rings. The summed E-state index contributed by atoms with van der Waals surface area (Å²) in [6.07, 6.45) is 15.2. The van der Waals surface area contributed by atoms with Gasteiger partial charge in [0.2, 0.25) is 0 Å². The van der Waals surface area contributed by atoms with E-state index >= 15 is 0 Å². The average molecular weight is 455 g/mol. The van der Waals surface area contributed by atoms with E-state index in [4.69, 9.17) is 4.74 Å². The first-order valence-electron chi connectivity index (χ1n) is 13.7. The van der Waals surface area contributed by atoms with E-state index < -0.39 is 0 Å². The molecule has 2 bridgehead atoms. The van der Waals surface area contributed by atoms with Gasteiger partial charge in [-0.3, -0.25) is 0 Å². The zero-order valence-corrected chi connectivity index (χ0v) is 21.4. The fraction of sp³-hybridized carbons (Fsp3) is 0.562. The Bertz CT molecular complexity index is 1230. The van der Waals surface area contributed by atoms with Crippen LogP contribution in [0.25, 0.3) is 10.8 Å². The van der Waals surface area contributed by atoms with Crippen LogP contribution in [0.5, 0.6) is 0 Å². The number of quaternary nitrogens is 1. The number of hydrogen-bond acceptors (Lipinski definition) is 1. The maximum absolute atomic E-state index is 7.49. The van der Waals surface area contributed by atoms with Gasteiger partial charge >= 0.3 is 0 Å². The summed E-state index contributed by atoms with van der Waals surface area (Å²) in [6, 6.07) is 16.8. The van der Waals surface area contributed by atoms with Crippen LogP contribution in [0.2, 0.25) is 0 Å². The molecule has 2 nitrogen and oxygen atoms in total. The van der Waals surface area contributed by atoms with E-state index in [9.17, 15) is 0 Å². The van der Waals surface area contributed by atoms with Crippen LogP contribution in [0.1, 0.15) is 69.8 Å². The van der Waals surface area contributed by atoms with Crippen molar-refractivity contribution in [2.75, 3.05) is 21.1 Å². The molecular weight excluding hydrogens is 414 g/mol. The SMILES string of the molecule is C[C@]12CC=C3C=C4CC[C@H]([N+](C)(C)C)C[C@]45CC[C@]3(O5)[C@@H]1CC[C@@H]2c1ccc2ccccc2c1. The van der Waals surface area contributed by atoms with E-state index in [1.165, 1.54) is 62.1 Å². The Hall–Kier alpha value is -1.90. The molecule has 0 radical (unpaired) electrons. The van der Waals surface area contributed by atoms with E-state index in [0.717, 1.165) is 4.48 Å². The minimum Gasteiger partial charge on any atom is -0.359 e. The van der Waals surface area contributed by atoms with Gasteiger partial charge in [0.25, 0.3) is 0 Å². The van der Waals surface area contributed by atoms with Crippen molar-refractivity contribution in [3.63, 3.8) is 0 Å². The van der Waals surface area contributed by atoms with Crippen LogP contribution >= 0.6 is 0 Å². The number of nitrogens with zero attached hydrogens (tertiary/aromatic N) is 1. The number of hydrogen-bond donors (Lipinski definition) is 0. The smallest absolute Gasteiger partial charge is 0.0975 e. The van der Waals surface area contributed by atoms with Crippen LogP contribution in [0.4, 0.5) is 0 Å².